The van der Waals surface area contributed by atoms with Crippen LogP contribution in [0.5, 0.6) is 0 Å². The zero-order valence-corrected chi connectivity index (χ0v) is 13.9. The largest absolute Gasteiger partial charge is 0.292 e. The summed E-state index contributed by atoms with van der Waals surface area (Å²) in [5, 5.41) is 2.22. The maximum absolute atomic E-state index is 4.80. The van der Waals surface area contributed by atoms with Gasteiger partial charge in [-0.05, 0) is 48.1 Å². The van der Waals surface area contributed by atoms with Crippen molar-refractivity contribution in [1.82, 2.24) is 19.9 Å². The summed E-state index contributed by atoms with van der Waals surface area (Å²) in [6.45, 7) is 5.13. The van der Waals surface area contributed by atoms with Gasteiger partial charge in [-0.25, -0.2) is 9.97 Å². The second kappa shape index (κ2) is 6.18. The van der Waals surface area contributed by atoms with Crippen LogP contribution in [0.1, 0.15) is 21.7 Å². The maximum Gasteiger partial charge on any atom is 0.159 e. The Morgan fingerprint density at radius 2 is 2.13 bits per heavy atom. The molecule has 3 aromatic rings. The van der Waals surface area contributed by atoms with Crippen LogP contribution in [-0.4, -0.2) is 26.4 Å². The molecule has 0 spiro atoms. The van der Waals surface area contributed by atoms with Crippen LogP contribution in [0, 0.1) is 6.92 Å². The summed E-state index contributed by atoms with van der Waals surface area (Å²) in [6.07, 6.45) is 6.58. The smallest absolute Gasteiger partial charge is 0.159 e. The van der Waals surface area contributed by atoms with Gasteiger partial charge in [0, 0.05) is 48.7 Å². The molecule has 4 rings (SSSR count). The lowest BCUT2D eigenvalue weighted by molar-refractivity contribution is 0.243. The van der Waals surface area contributed by atoms with Crippen molar-refractivity contribution in [1.29, 1.82) is 0 Å². The van der Waals surface area contributed by atoms with Gasteiger partial charge in [0.05, 0.1) is 5.69 Å². The minimum absolute atomic E-state index is 0.792. The minimum atomic E-state index is 0.792. The van der Waals surface area contributed by atoms with E-state index in [0.717, 1.165) is 43.1 Å². The number of nitrogens with zero attached hydrogens (tertiary/aromatic N) is 4. The van der Waals surface area contributed by atoms with E-state index in [4.69, 9.17) is 4.98 Å². The van der Waals surface area contributed by atoms with Crippen molar-refractivity contribution < 1.29 is 0 Å². The van der Waals surface area contributed by atoms with Gasteiger partial charge in [0.2, 0.25) is 0 Å². The van der Waals surface area contributed by atoms with Gasteiger partial charge >= 0.3 is 0 Å². The summed E-state index contributed by atoms with van der Waals surface area (Å²) >= 11 is 1.84. The second-order valence-corrected chi connectivity index (χ2v) is 6.95. The Bertz CT molecular complexity index is 813. The number of aryl methyl sites for hydroxylation is 1. The molecule has 0 saturated carbocycles. The van der Waals surface area contributed by atoms with Crippen molar-refractivity contribution in [3.8, 4) is 11.4 Å². The molecule has 5 heteroatoms. The van der Waals surface area contributed by atoms with Crippen LogP contribution in [0.25, 0.3) is 11.4 Å². The zero-order valence-electron chi connectivity index (χ0n) is 13.1. The average Bonchev–Trinajstić information content (AvgIpc) is 3.00. The first-order valence-electron chi connectivity index (χ1n) is 7.79. The highest BCUT2D eigenvalue weighted by molar-refractivity contribution is 7.10. The number of aromatic nitrogens is 3. The van der Waals surface area contributed by atoms with Crippen molar-refractivity contribution >= 4 is 11.3 Å². The second-order valence-electron chi connectivity index (χ2n) is 5.95. The molecule has 23 heavy (non-hydrogen) atoms. The van der Waals surface area contributed by atoms with E-state index < -0.39 is 0 Å². The number of thiophene rings is 1. The van der Waals surface area contributed by atoms with E-state index in [1.807, 2.05) is 29.7 Å². The van der Waals surface area contributed by atoms with Gasteiger partial charge < -0.3 is 0 Å². The normalized spacial score (nSPS) is 14.7. The Morgan fingerprint density at radius 1 is 1.26 bits per heavy atom. The van der Waals surface area contributed by atoms with Crippen molar-refractivity contribution in [2.75, 3.05) is 6.54 Å². The van der Waals surface area contributed by atoms with Gasteiger partial charge in [0.1, 0.15) is 0 Å². The standard InChI is InChI=1S/C18H18N4S/c1-13-8-16(23-12-13)10-22-7-4-15-9-20-18(21-17(15)11-22)14-2-5-19-6-3-14/h2-3,5-6,8-9,12H,4,7,10-11H2,1H3. The molecule has 4 nitrogen and oxygen atoms in total. The lowest BCUT2D eigenvalue weighted by Crippen LogP contribution is -2.30. The highest BCUT2D eigenvalue weighted by Crippen LogP contribution is 2.23. The first kappa shape index (κ1) is 14.5. The highest BCUT2D eigenvalue weighted by atomic mass is 32.1. The Balaban J connectivity index is 1.56. The van der Waals surface area contributed by atoms with Crippen LogP contribution in [0.2, 0.25) is 0 Å². The molecule has 0 N–H and O–H groups in total. The molecule has 0 aromatic carbocycles. The molecule has 0 amide bonds. The molecule has 0 aliphatic carbocycles. The molecule has 4 heterocycles. The third-order valence-electron chi connectivity index (χ3n) is 4.13. The number of rotatable bonds is 3. The van der Waals surface area contributed by atoms with E-state index in [2.05, 4.69) is 33.2 Å². The van der Waals surface area contributed by atoms with E-state index in [-0.39, 0.29) is 0 Å². The van der Waals surface area contributed by atoms with Gasteiger partial charge in [-0.1, -0.05) is 0 Å². The molecule has 0 saturated heterocycles. The molecule has 0 bridgehead atoms. The topological polar surface area (TPSA) is 41.9 Å². The number of pyridine rings is 1. The first-order valence-corrected chi connectivity index (χ1v) is 8.67. The Hall–Kier alpha value is -2.11. The third kappa shape index (κ3) is 3.16. The first-order chi connectivity index (χ1) is 11.3. The summed E-state index contributed by atoms with van der Waals surface area (Å²) in [5.74, 6) is 0.792. The fourth-order valence-electron chi connectivity index (χ4n) is 2.93. The fraction of sp³-hybridized carbons (Fsp3) is 0.278. The van der Waals surface area contributed by atoms with Gasteiger partial charge in [0.15, 0.2) is 5.82 Å². The summed E-state index contributed by atoms with van der Waals surface area (Å²) in [5.41, 5.74) is 4.81. The zero-order chi connectivity index (χ0) is 15.6. The Kier molecular flexibility index (Phi) is 3.89. The van der Waals surface area contributed by atoms with Crippen molar-refractivity contribution in [2.45, 2.75) is 26.4 Å². The van der Waals surface area contributed by atoms with Crippen LogP contribution in [-0.2, 0) is 19.5 Å². The Morgan fingerprint density at radius 3 is 2.91 bits per heavy atom. The third-order valence-corrected chi connectivity index (χ3v) is 5.17. The van der Waals surface area contributed by atoms with Crippen LogP contribution >= 0.6 is 11.3 Å². The monoisotopic (exact) mass is 322 g/mol. The van der Waals surface area contributed by atoms with Crippen LogP contribution in [0.3, 0.4) is 0 Å². The predicted octanol–water partition coefficient (Wildman–Crippen LogP) is 3.47. The fourth-order valence-corrected chi connectivity index (χ4v) is 3.84. The van der Waals surface area contributed by atoms with E-state index >= 15 is 0 Å². The van der Waals surface area contributed by atoms with Gasteiger partial charge in [-0.15, -0.1) is 11.3 Å². The van der Waals surface area contributed by atoms with E-state index in [1.54, 1.807) is 12.4 Å². The molecule has 0 unspecified atom stereocenters. The Labute approximate surface area is 139 Å². The van der Waals surface area contributed by atoms with Crippen molar-refractivity contribution in [3.63, 3.8) is 0 Å². The van der Waals surface area contributed by atoms with Crippen LogP contribution in [0.4, 0.5) is 0 Å². The number of hydrogen-bond acceptors (Lipinski definition) is 5. The molecule has 0 atom stereocenters. The summed E-state index contributed by atoms with van der Waals surface area (Å²) in [4.78, 5) is 17.3. The quantitative estimate of drug-likeness (QED) is 0.740. The van der Waals surface area contributed by atoms with E-state index in [0.29, 0.717) is 0 Å². The molecular weight excluding hydrogens is 304 g/mol. The number of hydrogen-bond donors (Lipinski definition) is 0. The summed E-state index contributed by atoms with van der Waals surface area (Å²) in [7, 11) is 0. The predicted molar refractivity (Wildman–Crippen MR) is 92.1 cm³/mol. The maximum atomic E-state index is 4.80. The lowest BCUT2D eigenvalue weighted by atomic mass is 10.1. The van der Waals surface area contributed by atoms with Crippen molar-refractivity contribution in [3.05, 3.63) is 63.9 Å². The minimum Gasteiger partial charge on any atom is -0.292 e. The summed E-state index contributed by atoms with van der Waals surface area (Å²) < 4.78 is 0. The van der Waals surface area contributed by atoms with E-state index in [9.17, 15) is 0 Å². The van der Waals surface area contributed by atoms with Crippen LogP contribution < -0.4 is 0 Å². The molecule has 3 aromatic heterocycles. The van der Waals surface area contributed by atoms with Gasteiger partial charge in [-0.3, -0.25) is 9.88 Å². The molecular formula is C18H18N4S. The highest BCUT2D eigenvalue weighted by Gasteiger charge is 2.19. The average molecular weight is 322 g/mol. The molecule has 0 fully saturated rings. The molecule has 1 aliphatic heterocycles. The molecule has 116 valence electrons. The molecule has 0 radical (unpaired) electrons. The van der Waals surface area contributed by atoms with Gasteiger partial charge in [-0.2, -0.15) is 0 Å². The number of fused-ring (bicyclic) bond motifs is 1. The van der Waals surface area contributed by atoms with E-state index in [1.165, 1.54) is 16.0 Å². The molecule has 1 aliphatic rings. The van der Waals surface area contributed by atoms with Crippen molar-refractivity contribution in [2.24, 2.45) is 0 Å². The SMILES string of the molecule is Cc1csc(CN2CCc3cnc(-c4ccncc4)nc3C2)c1. The summed E-state index contributed by atoms with van der Waals surface area (Å²) in [6, 6.07) is 6.19. The van der Waals surface area contributed by atoms with Crippen LogP contribution in [0.15, 0.2) is 42.2 Å². The lowest BCUT2D eigenvalue weighted by Gasteiger charge is -2.27. The van der Waals surface area contributed by atoms with Gasteiger partial charge in [0.25, 0.3) is 0 Å².